The first-order valence-electron chi connectivity index (χ1n) is 8.82. The van der Waals surface area contributed by atoms with Gasteiger partial charge < -0.3 is 25.6 Å². The fourth-order valence-corrected chi connectivity index (χ4v) is 3.33. The van der Waals surface area contributed by atoms with Gasteiger partial charge in [0.05, 0.1) is 11.4 Å². The average Bonchev–Trinajstić information content (AvgIpc) is 2.60. The number of carboxylic acids is 1. The van der Waals surface area contributed by atoms with Crippen LogP contribution < -0.4 is 21.4 Å². The second-order valence-electron chi connectivity index (χ2n) is 7.67. The van der Waals surface area contributed by atoms with Crippen molar-refractivity contribution in [1.29, 1.82) is 0 Å². The molecule has 8 nitrogen and oxygen atoms in total. The minimum atomic E-state index is -1.35. The normalized spacial score (nSPS) is 18.1. The number of pyridine rings is 2. The summed E-state index contributed by atoms with van der Waals surface area (Å²) < 4.78 is 16.5. The number of piperazine rings is 1. The molecule has 3 rings (SSSR count). The van der Waals surface area contributed by atoms with Gasteiger partial charge in [-0.2, -0.15) is 0 Å². The lowest BCUT2D eigenvalue weighted by molar-refractivity contribution is 0.0694. The number of hydrogen-bond donors (Lipinski definition) is 3. The number of nitrogens with zero attached hydrogens (tertiary/aromatic N) is 3. The zero-order valence-electron chi connectivity index (χ0n) is 15.6. The molecule has 1 aliphatic rings. The molecule has 0 saturated carbocycles. The number of nitrogens with one attached hydrogen (secondary N) is 1. The average molecular weight is 377 g/mol. The maximum atomic E-state index is 14.9. The Morgan fingerprint density at radius 1 is 1.48 bits per heavy atom. The maximum absolute atomic E-state index is 14.9. The van der Waals surface area contributed by atoms with Crippen molar-refractivity contribution < 1.29 is 14.3 Å². The van der Waals surface area contributed by atoms with E-state index in [1.165, 1.54) is 6.20 Å². The minimum absolute atomic E-state index is 0.0505. The van der Waals surface area contributed by atoms with Crippen LogP contribution >= 0.6 is 0 Å². The molecular weight excluding hydrogens is 353 g/mol. The molecule has 27 heavy (non-hydrogen) atoms. The van der Waals surface area contributed by atoms with Crippen molar-refractivity contribution in [2.24, 2.45) is 5.73 Å². The third kappa shape index (κ3) is 3.40. The van der Waals surface area contributed by atoms with E-state index in [0.29, 0.717) is 26.2 Å². The zero-order valence-corrected chi connectivity index (χ0v) is 15.6. The lowest BCUT2D eigenvalue weighted by Gasteiger charge is -2.37. The van der Waals surface area contributed by atoms with E-state index in [9.17, 15) is 19.1 Å². The van der Waals surface area contributed by atoms with Gasteiger partial charge in [-0.05, 0) is 26.8 Å². The van der Waals surface area contributed by atoms with Gasteiger partial charge >= 0.3 is 5.97 Å². The number of fused-ring (bicyclic) bond motifs is 1. The van der Waals surface area contributed by atoms with Crippen LogP contribution in [-0.4, -0.2) is 52.8 Å². The summed E-state index contributed by atoms with van der Waals surface area (Å²) in [5.74, 6) is -1.89. The summed E-state index contributed by atoms with van der Waals surface area (Å²) in [6.45, 7) is 7.72. The third-order valence-electron chi connectivity index (χ3n) is 4.76. The van der Waals surface area contributed by atoms with Crippen LogP contribution in [0.5, 0.6) is 0 Å². The molecule has 0 bridgehead atoms. The van der Waals surface area contributed by atoms with E-state index in [-0.39, 0.29) is 22.9 Å². The van der Waals surface area contributed by atoms with Crippen molar-refractivity contribution >= 4 is 22.8 Å². The van der Waals surface area contributed by atoms with Gasteiger partial charge in [0.1, 0.15) is 11.2 Å². The lowest BCUT2D eigenvalue weighted by Crippen LogP contribution is -2.55. The molecule has 0 aromatic carbocycles. The highest BCUT2D eigenvalue weighted by Crippen LogP contribution is 2.26. The summed E-state index contributed by atoms with van der Waals surface area (Å²) >= 11 is 0. The fourth-order valence-electron chi connectivity index (χ4n) is 3.33. The highest BCUT2D eigenvalue weighted by atomic mass is 19.1. The maximum Gasteiger partial charge on any atom is 0.341 e. The summed E-state index contributed by atoms with van der Waals surface area (Å²) in [7, 11) is 0. The Kier molecular flexibility index (Phi) is 4.92. The van der Waals surface area contributed by atoms with E-state index in [0.717, 1.165) is 6.07 Å². The summed E-state index contributed by atoms with van der Waals surface area (Å²) in [4.78, 5) is 30.3. The fraction of sp³-hybridized carbons (Fsp3) is 0.500. The highest BCUT2D eigenvalue weighted by molar-refractivity contribution is 5.92. The van der Waals surface area contributed by atoms with Gasteiger partial charge in [-0.3, -0.25) is 4.79 Å². The quantitative estimate of drug-likeness (QED) is 0.722. The number of carboxylic acid groups (broad SMARTS) is 1. The van der Waals surface area contributed by atoms with Crippen LogP contribution in [0.4, 0.5) is 10.2 Å². The minimum Gasteiger partial charge on any atom is -0.477 e. The van der Waals surface area contributed by atoms with Gasteiger partial charge in [0.2, 0.25) is 5.43 Å². The molecule has 9 heteroatoms. The van der Waals surface area contributed by atoms with Crippen LogP contribution in [0.2, 0.25) is 0 Å². The molecule has 3 heterocycles. The molecule has 0 amide bonds. The predicted octanol–water partition coefficient (Wildman–Crippen LogP) is 0.726. The smallest absolute Gasteiger partial charge is 0.341 e. The third-order valence-corrected chi connectivity index (χ3v) is 4.76. The number of aromatic carboxylic acids is 1. The highest BCUT2D eigenvalue weighted by Gasteiger charge is 2.28. The number of carbonyl (C=O) groups is 1. The molecule has 1 atom stereocenters. The molecule has 1 aliphatic heterocycles. The van der Waals surface area contributed by atoms with Crippen LogP contribution in [0.15, 0.2) is 17.1 Å². The molecule has 2 aromatic heterocycles. The topological polar surface area (TPSA) is 113 Å². The summed E-state index contributed by atoms with van der Waals surface area (Å²) in [6, 6.07) is 0.968. The van der Waals surface area contributed by atoms with E-state index >= 15 is 0 Å². The molecule has 0 radical (unpaired) electrons. The van der Waals surface area contributed by atoms with E-state index in [1.54, 1.807) is 9.47 Å². The lowest BCUT2D eigenvalue weighted by atomic mass is 10.1. The number of halogens is 1. The van der Waals surface area contributed by atoms with Crippen molar-refractivity contribution in [3.05, 3.63) is 33.9 Å². The first-order chi connectivity index (χ1) is 12.6. The Labute approximate surface area is 155 Å². The molecule has 2 aromatic rings. The summed E-state index contributed by atoms with van der Waals surface area (Å²) in [6.07, 6.45) is 1.28. The number of rotatable bonds is 3. The molecule has 1 saturated heterocycles. The first-order valence-corrected chi connectivity index (χ1v) is 8.82. The van der Waals surface area contributed by atoms with Crippen molar-refractivity contribution in [2.45, 2.75) is 32.4 Å². The van der Waals surface area contributed by atoms with Crippen LogP contribution in [0.1, 0.15) is 31.1 Å². The molecule has 4 N–H and O–H groups in total. The van der Waals surface area contributed by atoms with Gasteiger partial charge in [-0.25, -0.2) is 14.2 Å². The van der Waals surface area contributed by atoms with Crippen LogP contribution in [0.3, 0.4) is 0 Å². The summed E-state index contributed by atoms with van der Waals surface area (Å²) in [5.41, 5.74) is 4.36. The number of hydrogen-bond acceptors (Lipinski definition) is 6. The largest absolute Gasteiger partial charge is 0.477 e. The summed E-state index contributed by atoms with van der Waals surface area (Å²) in [5, 5.41) is 12.5. The molecular formula is C18H24FN5O3. The van der Waals surface area contributed by atoms with E-state index in [2.05, 4.69) is 10.3 Å². The Balaban J connectivity index is 2.32. The Hall–Kier alpha value is -2.52. The van der Waals surface area contributed by atoms with Crippen molar-refractivity contribution in [2.75, 3.05) is 31.1 Å². The van der Waals surface area contributed by atoms with Crippen molar-refractivity contribution in [3.63, 3.8) is 0 Å². The van der Waals surface area contributed by atoms with Gasteiger partial charge in [0, 0.05) is 37.9 Å². The Morgan fingerprint density at radius 2 is 2.19 bits per heavy atom. The standard InChI is InChI=1S/C18H24FN5O3/c1-18(2,3)24-9-12(17(26)27)14(25)11-6-13(19)16(22-15(11)24)23-5-4-21-8-10(23)7-20/h6,9-10,21H,4-5,7-8,20H2,1-3H3,(H,26,27). The van der Waals surface area contributed by atoms with E-state index in [4.69, 9.17) is 5.73 Å². The molecule has 0 spiro atoms. The predicted molar refractivity (Wildman–Crippen MR) is 101 cm³/mol. The first kappa shape index (κ1) is 19.2. The molecule has 0 aliphatic carbocycles. The molecule has 146 valence electrons. The Morgan fingerprint density at radius 3 is 2.78 bits per heavy atom. The van der Waals surface area contributed by atoms with Crippen molar-refractivity contribution in [1.82, 2.24) is 14.9 Å². The second-order valence-corrected chi connectivity index (χ2v) is 7.67. The van der Waals surface area contributed by atoms with Crippen molar-refractivity contribution in [3.8, 4) is 0 Å². The van der Waals surface area contributed by atoms with E-state index in [1.807, 2.05) is 20.8 Å². The van der Waals surface area contributed by atoms with Crippen LogP contribution in [-0.2, 0) is 5.54 Å². The molecule has 1 unspecified atom stereocenters. The zero-order chi connectivity index (χ0) is 19.9. The second kappa shape index (κ2) is 6.90. The van der Waals surface area contributed by atoms with E-state index < -0.39 is 28.3 Å². The van der Waals surface area contributed by atoms with Gasteiger partial charge in [-0.1, -0.05) is 0 Å². The SMILES string of the molecule is CC(C)(C)n1cc(C(=O)O)c(=O)c2cc(F)c(N3CCNCC3CN)nc21. The number of anilines is 1. The number of nitrogens with two attached hydrogens (primary N) is 1. The van der Waals surface area contributed by atoms with Gasteiger partial charge in [0.15, 0.2) is 11.6 Å². The monoisotopic (exact) mass is 377 g/mol. The number of aromatic nitrogens is 2. The van der Waals surface area contributed by atoms with Gasteiger partial charge in [0.25, 0.3) is 0 Å². The molecule has 1 fully saturated rings. The van der Waals surface area contributed by atoms with Crippen LogP contribution in [0.25, 0.3) is 11.0 Å². The van der Waals surface area contributed by atoms with Crippen LogP contribution in [0, 0.1) is 5.82 Å². The Bertz CT molecular complexity index is 951. The van der Waals surface area contributed by atoms with Gasteiger partial charge in [-0.15, -0.1) is 0 Å².